The Balaban J connectivity index is 2.05. The van der Waals surface area contributed by atoms with E-state index in [-0.39, 0.29) is 0 Å². The highest BCUT2D eigenvalue weighted by molar-refractivity contribution is 5.77. The third-order valence-corrected chi connectivity index (χ3v) is 5.39. The first kappa shape index (κ1) is 20.7. The van der Waals surface area contributed by atoms with Crippen LogP contribution in [0.2, 0.25) is 0 Å². The fraction of sp³-hybridized carbons (Fsp3) is 0.952. The lowest BCUT2D eigenvalue weighted by molar-refractivity contribution is -0.118. The number of ether oxygens (including phenoxy) is 1. The second kappa shape index (κ2) is 12.1. The molecule has 1 aliphatic carbocycles. The van der Waals surface area contributed by atoms with Crippen molar-refractivity contribution in [1.29, 1.82) is 0 Å². The monoisotopic (exact) mass is 324 g/mol. The second-order valence-corrected chi connectivity index (χ2v) is 8.08. The summed E-state index contributed by atoms with van der Waals surface area (Å²) in [4.78, 5) is 11.2. The van der Waals surface area contributed by atoms with E-state index in [1.54, 1.807) is 0 Å². The molecule has 0 radical (unpaired) electrons. The van der Waals surface area contributed by atoms with Gasteiger partial charge in [-0.2, -0.15) is 0 Å². The number of ketones is 1. The highest BCUT2D eigenvalue weighted by Crippen LogP contribution is 2.44. The number of Topliss-reactive ketones (excluding diaryl/α,β-unsaturated/α-hetero) is 1. The molecule has 23 heavy (non-hydrogen) atoms. The largest absolute Gasteiger partial charge is 0.381 e. The zero-order valence-corrected chi connectivity index (χ0v) is 16.0. The molecular weight excluding hydrogens is 284 g/mol. The molecule has 0 spiro atoms. The molecule has 1 fully saturated rings. The van der Waals surface area contributed by atoms with E-state index in [1.165, 1.54) is 51.4 Å². The summed E-state index contributed by atoms with van der Waals surface area (Å²) in [5.74, 6) is 1.22. The Morgan fingerprint density at radius 2 is 1.70 bits per heavy atom. The van der Waals surface area contributed by atoms with Gasteiger partial charge in [0.2, 0.25) is 0 Å². The van der Waals surface area contributed by atoms with E-state index in [9.17, 15) is 4.79 Å². The summed E-state index contributed by atoms with van der Waals surface area (Å²) in [6, 6.07) is 0. The molecule has 1 saturated carbocycles. The van der Waals surface area contributed by atoms with Crippen LogP contribution in [0.4, 0.5) is 0 Å². The van der Waals surface area contributed by atoms with Gasteiger partial charge in [-0.15, -0.1) is 0 Å². The Labute approximate surface area is 144 Å². The summed E-state index contributed by atoms with van der Waals surface area (Å²) in [5.41, 5.74) is 0.621. The van der Waals surface area contributed by atoms with Crippen molar-refractivity contribution < 1.29 is 9.53 Å². The van der Waals surface area contributed by atoms with Crippen LogP contribution in [0.3, 0.4) is 0 Å². The lowest BCUT2D eigenvalue weighted by atomic mass is 9.67. The zero-order valence-electron chi connectivity index (χ0n) is 16.0. The van der Waals surface area contributed by atoms with Crippen molar-refractivity contribution in [3.8, 4) is 0 Å². The molecule has 136 valence electrons. The molecule has 2 heteroatoms. The van der Waals surface area contributed by atoms with Crippen LogP contribution in [-0.2, 0) is 9.53 Å². The van der Waals surface area contributed by atoms with Gasteiger partial charge in [-0.05, 0) is 56.3 Å². The van der Waals surface area contributed by atoms with E-state index in [2.05, 4.69) is 13.8 Å². The topological polar surface area (TPSA) is 26.3 Å². The molecule has 0 aromatic carbocycles. The molecule has 0 N–H and O–H groups in total. The highest BCUT2D eigenvalue weighted by atomic mass is 16.5. The second-order valence-electron chi connectivity index (χ2n) is 8.08. The lowest BCUT2D eigenvalue weighted by Gasteiger charge is -2.39. The molecule has 0 unspecified atom stereocenters. The molecule has 0 atom stereocenters. The summed E-state index contributed by atoms with van der Waals surface area (Å²) in [7, 11) is 0. The first-order chi connectivity index (χ1) is 11.1. The SMILES string of the molecule is CCC(=O)CCCCCOCCCC1(CC(C)C)CCCCC1. The Morgan fingerprint density at radius 3 is 2.35 bits per heavy atom. The van der Waals surface area contributed by atoms with Crippen molar-refractivity contribution in [2.75, 3.05) is 13.2 Å². The van der Waals surface area contributed by atoms with Gasteiger partial charge in [0.25, 0.3) is 0 Å². The minimum atomic E-state index is 0.397. The van der Waals surface area contributed by atoms with Crippen molar-refractivity contribution in [1.82, 2.24) is 0 Å². The fourth-order valence-electron chi connectivity index (χ4n) is 4.26. The molecule has 0 saturated heterocycles. The molecule has 2 nitrogen and oxygen atoms in total. The number of carbonyl (C=O) groups is 1. The summed E-state index contributed by atoms with van der Waals surface area (Å²) >= 11 is 0. The van der Waals surface area contributed by atoms with E-state index in [0.29, 0.717) is 17.6 Å². The van der Waals surface area contributed by atoms with Gasteiger partial charge in [0, 0.05) is 26.1 Å². The van der Waals surface area contributed by atoms with Crippen molar-refractivity contribution in [2.45, 2.75) is 104 Å². The van der Waals surface area contributed by atoms with E-state index in [4.69, 9.17) is 4.74 Å². The van der Waals surface area contributed by atoms with E-state index < -0.39 is 0 Å². The van der Waals surface area contributed by atoms with Gasteiger partial charge >= 0.3 is 0 Å². The van der Waals surface area contributed by atoms with Gasteiger partial charge in [-0.1, -0.05) is 46.5 Å². The summed E-state index contributed by atoms with van der Waals surface area (Å²) < 4.78 is 5.82. The number of rotatable bonds is 13. The quantitative estimate of drug-likeness (QED) is 0.371. The van der Waals surface area contributed by atoms with Gasteiger partial charge in [0.1, 0.15) is 5.78 Å². The molecule has 0 aromatic heterocycles. The Hall–Kier alpha value is -0.370. The number of unbranched alkanes of at least 4 members (excludes halogenated alkanes) is 2. The Morgan fingerprint density at radius 1 is 1.00 bits per heavy atom. The summed E-state index contributed by atoms with van der Waals surface area (Å²) in [6.07, 6.45) is 15.9. The van der Waals surface area contributed by atoms with Crippen LogP contribution >= 0.6 is 0 Å². The van der Waals surface area contributed by atoms with Gasteiger partial charge in [-0.25, -0.2) is 0 Å². The molecule has 0 bridgehead atoms. The third kappa shape index (κ3) is 9.49. The normalized spacial score (nSPS) is 17.6. The third-order valence-electron chi connectivity index (χ3n) is 5.39. The number of hydrogen-bond acceptors (Lipinski definition) is 2. The first-order valence-electron chi connectivity index (χ1n) is 10.2. The smallest absolute Gasteiger partial charge is 0.132 e. The van der Waals surface area contributed by atoms with Crippen LogP contribution < -0.4 is 0 Å². The van der Waals surface area contributed by atoms with E-state index in [0.717, 1.165) is 44.8 Å². The molecule has 1 rings (SSSR count). The standard InChI is InChI=1S/C21H40O2/c1-4-20(22)12-7-5-10-16-23-17-11-15-21(18-19(2)3)13-8-6-9-14-21/h19H,4-18H2,1-3H3. The van der Waals surface area contributed by atoms with Crippen molar-refractivity contribution in [2.24, 2.45) is 11.3 Å². The maximum Gasteiger partial charge on any atom is 0.132 e. The molecule has 0 heterocycles. The average Bonchev–Trinajstić information content (AvgIpc) is 2.53. The lowest BCUT2D eigenvalue weighted by Crippen LogP contribution is -2.26. The Kier molecular flexibility index (Phi) is 10.8. The minimum Gasteiger partial charge on any atom is -0.381 e. The zero-order chi connectivity index (χ0) is 17.0. The maximum absolute atomic E-state index is 11.2. The molecule has 0 aliphatic heterocycles. The van der Waals surface area contributed by atoms with Gasteiger partial charge in [0.05, 0.1) is 0 Å². The number of carbonyl (C=O) groups excluding carboxylic acids is 1. The van der Waals surface area contributed by atoms with Crippen LogP contribution in [0.15, 0.2) is 0 Å². The van der Waals surface area contributed by atoms with Crippen molar-refractivity contribution in [3.63, 3.8) is 0 Å². The van der Waals surface area contributed by atoms with Gasteiger partial charge in [-0.3, -0.25) is 4.79 Å². The van der Waals surface area contributed by atoms with E-state index >= 15 is 0 Å². The highest BCUT2D eigenvalue weighted by Gasteiger charge is 2.31. The summed E-state index contributed by atoms with van der Waals surface area (Å²) in [5, 5.41) is 0. The fourth-order valence-corrected chi connectivity index (χ4v) is 4.26. The van der Waals surface area contributed by atoms with Crippen LogP contribution in [0.1, 0.15) is 104 Å². The predicted octanol–water partition coefficient (Wildman–Crippen LogP) is 6.32. The van der Waals surface area contributed by atoms with Crippen LogP contribution in [-0.4, -0.2) is 19.0 Å². The predicted molar refractivity (Wildman–Crippen MR) is 98.8 cm³/mol. The van der Waals surface area contributed by atoms with Gasteiger partial charge < -0.3 is 4.74 Å². The van der Waals surface area contributed by atoms with Crippen LogP contribution in [0.5, 0.6) is 0 Å². The molecular formula is C21H40O2. The number of hydrogen-bond donors (Lipinski definition) is 0. The first-order valence-corrected chi connectivity index (χ1v) is 10.2. The average molecular weight is 325 g/mol. The Bertz CT molecular complexity index is 303. The van der Waals surface area contributed by atoms with Crippen molar-refractivity contribution in [3.05, 3.63) is 0 Å². The van der Waals surface area contributed by atoms with Crippen molar-refractivity contribution >= 4 is 5.78 Å². The van der Waals surface area contributed by atoms with Gasteiger partial charge in [0.15, 0.2) is 0 Å². The van der Waals surface area contributed by atoms with Crippen LogP contribution in [0.25, 0.3) is 0 Å². The minimum absolute atomic E-state index is 0.397. The maximum atomic E-state index is 11.2. The molecule has 0 amide bonds. The van der Waals surface area contributed by atoms with Crippen LogP contribution in [0, 0.1) is 11.3 Å². The molecule has 1 aliphatic rings. The van der Waals surface area contributed by atoms with E-state index in [1.807, 2.05) is 6.92 Å². The molecule has 0 aromatic rings. The summed E-state index contributed by atoms with van der Waals surface area (Å²) in [6.45, 7) is 8.49.